The fourth-order valence-corrected chi connectivity index (χ4v) is 3.33. The minimum atomic E-state index is -0.307. The molecule has 1 heterocycles. The van der Waals surface area contributed by atoms with E-state index in [9.17, 15) is 9.90 Å². The van der Waals surface area contributed by atoms with Crippen LogP contribution in [0.25, 0.3) is 0 Å². The number of ether oxygens (including phenoxy) is 1. The van der Waals surface area contributed by atoms with Gasteiger partial charge in [0.15, 0.2) is 0 Å². The number of pyridine rings is 1. The average Bonchev–Trinajstić information content (AvgIpc) is 2.59. The maximum atomic E-state index is 12.7. The molecule has 1 aromatic heterocycles. The molecule has 1 amide bonds. The van der Waals surface area contributed by atoms with Crippen molar-refractivity contribution in [1.29, 1.82) is 0 Å². The molecule has 3 rings (SSSR count). The molecule has 1 unspecified atom stereocenters. The molecule has 0 spiro atoms. The molecule has 1 fully saturated rings. The van der Waals surface area contributed by atoms with Crippen molar-refractivity contribution in [2.45, 2.75) is 31.9 Å². The molecule has 6 heteroatoms. The largest absolute Gasteiger partial charge is 0.481 e. The molecule has 1 aliphatic carbocycles. The zero-order valence-corrected chi connectivity index (χ0v) is 15.0. The number of amides is 1. The Bertz CT molecular complexity index is 758. The van der Waals surface area contributed by atoms with Crippen LogP contribution in [0.1, 0.15) is 40.4 Å². The van der Waals surface area contributed by atoms with Gasteiger partial charge in [0.2, 0.25) is 5.88 Å². The van der Waals surface area contributed by atoms with E-state index in [4.69, 9.17) is 16.3 Å². The number of aryl methyl sites for hydroxylation is 1. The van der Waals surface area contributed by atoms with Gasteiger partial charge in [-0.3, -0.25) is 4.79 Å². The molecule has 1 aliphatic rings. The van der Waals surface area contributed by atoms with Crippen LogP contribution in [0.3, 0.4) is 0 Å². The standard InChI is InChI=1S/C19H21ClN2O3/c1-11-4-3-5-15(17(11)20)19(24)22-18(13-8-14(23)9-13)12-6-7-16(25-2)21-10-12/h3-7,10,13-14,18,23H,8-9H2,1-2H3,(H,22,24). The molecular formula is C19H21ClN2O3. The fourth-order valence-electron chi connectivity index (χ4n) is 3.11. The summed E-state index contributed by atoms with van der Waals surface area (Å²) in [5.74, 6) is 0.456. The third-order valence-corrected chi connectivity index (χ3v) is 5.17. The highest BCUT2D eigenvalue weighted by atomic mass is 35.5. The minimum Gasteiger partial charge on any atom is -0.481 e. The van der Waals surface area contributed by atoms with E-state index in [1.54, 1.807) is 25.4 Å². The van der Waals surface area contributed by atoms with Crippen molar-refractivity contribution in [2.24, 2.45) is 5.92 Å². The van der Waals surface area contributed by atoms with Gasteiger partial charge in [-0.2, -0.15) is 0 Å². The van der Waals surface area contributed by atoms with E-state index < -0.39 is 0 Å². The van der Waals surface area contributed by atoms with E-state index in [1.807, 2.05) is 25.1 Å². The highest BCUT2D eigenvalue weighted by molar-refractivity contribution is 6.34. The summed E-state index contributed by atoms with van der Waals surface area (Å²) in [7, 11) is 1.56. The molecule has 1 atom stereocenters. The second-order valence-electron chi connectivity index (χ2n) is 6.41. The summed E-state index contributed by atoms with van der Waals surface area (Å²) in [6, 6.07) is 8.82. The Kier molecular flexibility index (Phi) is 5.25. The molecule has 0 bridgehead atoms. The first kappa shape index (κ1) is 17.7. The number of aliphatic hydroxyl groups excluding tert-OH is 1. The molecule has 0 radical (unpaired) electrons. The van der Waals surface area contributed by atoms with Gasteiger partial charge < -0.3 is 15.2 Å². The number of rotatable bonds is 5. The monoisotopic (exact) mass is 360 g/mol. The highest BCUT2D eigenvalue weighted by Gasteiger charge is 2.36. The maximum absolute atomic E-state index is 12.7. The smallest absolute Gasteiger partial charge is 0.253 e. The van der Waals surface area contributed by atoms with Crippen LogP contribution >= 0.6 is 11.6 Å². The van der Waals surface area contributed by atoms with Crippen molar-refractivity contribution < 1.29 is 14.6 Å². The van der Waals surface area contributed by atoms with Crippen LogP contribution in [0.15, 0.2) is 36.5 Å². The van der Waals surface area contributed by atoms with Gasteiger partial charge in [0.1, 0.15) is 0 Å². The van der Waals surface area contributed by atoms with Crippen LogP contribution in [0.4, 0.5) is 0 Å². The Hall–Kier alpha value is -2.11. The molecule has 2 aromatic rings. The lowest BCUT2D eigenvalue weighted by atomic mass is 9.75. The number of carbonyl (C=O) groups excluding carboxylic acids is 1. The first-order chi connectivity index (χ1) is 12.0. The summed E-state index contributed by atoms with van der Waals surface area (Å²) in [5.41, 5.74) is 2.19. The molecule has 1 aromatic carbocycles. The fraction of sp³-hybridized carbons (Fsp3) is 0.368. The predicted octanol–water partition coefficient (Wildman–Crippen LogP) is 3.29. The Morgan fingerprint density at radius 3 is 2.72 bits per heavy atom. The van der Waals surface area contributed by atoms with Gasteiger partial charge in [-0.05, 0) is 42.9 Å². The molecule has 0 saturated heterocycles. The van der Waals surface area contributed by atoms with Crippen LogP contribution in [0.5, 0.6) is 5.88 Å². The lowest BCUT2D eigenvalue weighted by molar-refractivity contribution is 0.0234. The molecule has 2 N–H and O–H groups in total. The van der Waals surface area contributed by atoms with Crippen molar-refractivity contribution in [3.63, 3.8) is 0 Å². The van der Waals surface area contributed by atoms with Gasteiger partial charge in [0, 0.05) is 12.3 Å². The number of nitrogens with zero attached hydrogens (tertiary/aromatic N) is 1. The second kappa shape index (κ2) is 7.42. The van der Waals surface area contributed by atoms with Crippen molar-refractivity contribution in [3.05, 3.63) is 58.2 Å². The number of carbonyl (C=O) groups is 1. The number of aromatic nitrogens is 1. The molecule has 1 saturated carbocycles. The quantitative estimate of drug-likeness (QED) is 0.858. The average molecular weight is 361 g/mol. The molecule has 132 valence electrons. The lowest BCUT2D eigenvalue weighted by Gasteiger charge is -2.38. The SMILES string of the molecule is COc1ccc(C(NC(=O)c2cccc(C)c2Cl)C2CC(O)C2)cn1. The third-order valence-electron chi connectivity index (χ3n) is 4.67. The number of methoxy groups -OCH3 is 1. The van der Waals surface area contributed by atoms with E-state index in [2.05, 4.69) is 10.3 Å². The first-order valence-electron chi connectivity index (χ1n) is 8.23. The number of aliphatic hydroxyl groups is 1. The summed E-state index contributed by atoms with van der Waals surface area (Å²) in [6.07, 6.45) is 2.70. The van der Waals surface area contributed by atoms with Gasteiger partial charge in [-0.25, -0.2) is 4.98 Å². The summed E-state index contributed by atoms with van der Waals surface area (Å²) in [6.45, 7) is 1.87. The molecular weight excluding hydrogens is 340 g/mol. The molecule has 25 heavy (non-hydrogen) atoms. The van der Waals surface area contributed by atoms with Crippen LogP contribution in [-0.2, 0) is 0 Å². The summed E-state index contributed by atoms with van der Waals surface area (Å²) in [5, 5.41) is 13.2. The number of halogens is 1. The normalized spacial score (nSPS) is 20.5. The van der Waals surface area contributed by atoms with Crippen molar-refractivity contribution in [2.75, 3.05) is 7.11 Å². The zero-order valence-electron chi connectivity index (χ0n) is 14.2. The van der Waals surface area contributed by atoms with Gasteiger partial charge in [-0.1, -0.05) is 29.8 Å². The van der Waals surface area contributed by atoms with Crippen LogP contribution < -0.4 is 10.1 Å². The predicted molar refractivity (Wildman–Crippen MR) is 95.9 cm³/mol. The lowest BCUT2D eigenvalue weighted by Crippen LogP contribution is -2.41. The molecule has 5 nitrogen and oxygen atoms in total. The first-order valence-corrected chi connectivity index (χ1v) is 8.61. The van der Waals surface area contributed by atoms with Crippen LogP contribution in [-0.4, -0.2) is 29.2 Å². The zero-order chi connectivity index (χ0) is 18.0. The Balaban J connectivity index is 1.84. The van der Waals surface area contributed by atoms with E-state index in [0.717, 1.165) is 11.1 Å². The summed E-state index contributed by atoms with van der Waals surface area (Å²) >= 11 is 6.28. The number of nitrogens with one attached hydrogen (secondary N) is 1. The van der Waals surface area contributed by atoms with E-state index in [0.29, 0.717) is 29.3 Å². The summed E-state index contributed by atoms with van der Waals surface area (Å²) < 4.78 is 5.09. The Morgan fingerprint density at radius 2 is 2.12 bits per heavy atom. The third kappa shape index (κ3) is 3.78. The number of hydrogen-bond donors (Lipinski definition) is 2. The number of hydrogen-bond acceptors (Lipinski definition) is 4. The van der Waals surface area contributed by atoms with Crippen molar-refractivity contribution in [3.8, 4) is 5.88 Å². The Labute approximate surface area is 152 Å². The summed E-state index contributed by atoms with van der Waals surface area (Å²) in [4.78, 5) is 17.0. The second-order valence-corrected chi connectivity index (χ2v) is 6.78. The molecule has 0 aliphatic heterocycles. The van der Waals surface area contributed by atoms with E-state index >= 15 is 0 Å². The highest BCUT2D eigenvalue weighted by Crippen LogP contribution is 2.38. The van der Waals surface area contributed by atoms with Crippen molar-refractivity contribution >= 4 is 17.5 Å². The maximum Gasteiger partial charge on any atom is 0.253 e. The van der Waals surface area contributed by atoms with Gasteiger partial charge in [0.05, 0.1) is 29.8 Å². The van der Waals surface area contributed by atoms with E-state index in [-0.39, 0.29) is 24.0 Å². The topological polar surface area (TPSA) is 71.5 Å². The van der Waals surface area contributed by atoms with E-state index in [1.165, 1.54) is 0 Å². The Morgan fingerprint density at radius 1 is 1.36 bits per heavy atom. The van der Waals surface area contributed by atoms with Crippen LogP contribution in [0.2, 0.25) is 5.02 Å². The van der Waals surface area contributed by atoms with Gasteiger partial charge >= 0.3 is 0 Å². The number of benzene rings is 1. The van der Waals surface area contributed by atoms with Gasteiger partial charge in [0.25, 0.3) is 5.91 Å². The van der Waals surface area contributed by atoms with Gasteiger partial charge in [-0.15, -0.1) is 0 Å². The minimum absolute atomic E-state index is 0.165. The van der Waals surface area contributed by atoms with Crippen LogP contribution in [0, 0.1) is 12.8 Å². The van der Waals surface area contributed by atoms with Crippen molar-refractivity contribution in [1.82, 2.24) is 10.3 Å².